The lowest BCUT2D eigenvalue weighted by Crippen LogP contribution is -2.40. The number of hydrogen-bond acceptors (Lipinski definition) is 8. The molecule has 0 spiro atoms. The van der Waals surface area contributed by atoms with E-state index in [4.69, 9.17) is 19.2 Å². The summed E-state index contributed by atoms with van der Waals surface area (Å²) < 4.78 is 31.7. The van der Waals surface area contributed by atoms with E-state index >= 15 is 0 Å². The maximum atomic E-state index is 13.9. The Balaban J connectivity index is 1.76. The molecule has 0 amide bonds. The number of hydrogen-bond donors (Lipinski definition) is 0. The van der Waals surface area contributed by atoms with Crippen LogP contribution in [0.15, 0.2) is 88.2 Å². The van der Waals surface area contributed by atoms with Crippen molar-refractivity contribution in [3.05, 3.63) is 121 Å². The summed E-state index contributed by atoms with van der Waals surface area (Å²) in [5.74, 6) is -0.984. The normalized spacial score (nSPS) is 14.7. The van der Waals surface area contributed by atoms with Gasteiger partial charge in [-0.2, -0.15) is 0 Å². The molecule has 2 heterocycles. The van der Waals surface area contributed by atoms with Gasteiger partial charge in [0.25, 0.3) is 5.56 Å². The summed E-state index contributed by atoms with van der Waals surface area (Å²) in [6, 6.07) is 18.8. The molecular weight excluding hydrogens is 547 g/mol. The monoisotopic (exact) mass is 572 g/mol. The molecule has 0 fully saturated rings. The van der Waals surface area contributed by atoms with Crippen LogP contribution in [-0.2, 0) is 14.3 Å². The molecule has 0 saturated carbocycles. The van der Waals surface area contributed by atoms with Crippen LogP contribution >= 0.6 is 11.3 Å². The molecule has 4 aromatic rings. The first-order valence-electron chi connectivity index (χ1n) is 12.7. The first-order chi connectivity index (χ1) is 19.8. The van der Waals surface area contributed by atoms with Gasteiger partial charge in [-0.15, -0.1) is 0 Å². The molecule has 0 N–H and O–H groups in total. The van der Waals surface area contributed by atoms with Gasteiger partial charge < -0.3 is 14.2 Å². The van der Waals surface area contributed by atoms with Crippen LogP contribution in [0.3, 0.4) is 0 Å². The van der Waals surface area contributed by atoms with Crippen LogP contribution < -0.4 is 24.4 Å². The highest BCUT2D eigenvalue weighted by atomic mass is 32.1. The molecule has 5 rings (SSSR count). The Morgan fingerprint density at radius 1 is 1.05 bits per heavy atom. The molecule has 3 aromatic carbocycles. The van der Waals surface area contributed by atoms with Gasteiger partial charge in [-0.1, -0.05) is 59.9 Å². The molecule has 8 nitrogen and oxygen atoms in total. The van der Waals surface area contributed by atoms with Gasteiger partial charge in [0.05, 0.1) is 35.6 Å². The van der Waals surface area contributed by atoms with Crippen LogP contribution in [0, 0.1) is 5.82 Å². The fourth-order valence-corrected chi connectivity index (χ4v) is 5.57. The fourth-order valence-electron chi connectivity index (χ4n) is 4.57. The van der Waals surface area contributed by atoms with Gasteiger partial charge in [0, 0.05) is 12.5 Å². The zero-order chi connectivity index (χ0) is 29.1. The highest BCUT2D eigenvalue weighted by Crippen LogP contribution is 2.35. The number of carbonyl (C=O) groups excluding carboxylic acids is 2. The number of esters is 2. The van der Waals surface area contributed by atoms with Crippen molar-refractivity contribution in [3.63, 3.8) is 0 Å². The van der Waals surface area contributed by atoms with Gasteiger partial charge in [-0.05, 0) is 48.4 Å². The second-order valence-corrected chi connectivity index (χ2v) is 10.00. The molecule has 1 aliphatic heterocycles. The van der Waals surface area contributed by atoms with Gasteiger partial charge in [-0.25, -0.2) is 14.2 Å². The van der Waals surface area contributed by atoms with Gasteiger partial charge in [-0.3, -0.25) is 14.2 Å². The molecule has 0 radical (unpaired) electrons. The second-order valence-electron chi connectivity index (χ2n) is 8.99. The molecule has 1 aliphatic rings. The number of thiazole rings is 1. The quantitative estimate of drug-likeness (QED) is 0.245. The molecule has 1 aromatic heterocycles. The largest absolute Gasteiger partial charge is 0.493 e. The highest BCUT2D eigenvalue weighted by Gasteiger charge is 2.35. The summed E-state index contributed by atoms with van der Waals surface area (Å²) in [6.45, 7) is 3.11. The van der Waals surface area contributed by atoms with E-state index in [-0.39, 0.29) is 23.5 Å². The van der Waals surface area contributed by atoms with Gasteiger partial charge >= 0.3 is 11.9 Å². The number of rotatable bonds is 7. The Morgan fingerprint density at radius 2 is 1.78 bits per heavy atom. The molecule has 208 valence electrons. The van der Waals surface area contributed by atoms with Crippen molar-refractivity contribution in [2.75, 3.05) is 13.7 Å². The number of methoxy groups -OCH3 is 1. The Hall–Kier alpha value is -4.83. The van der Waals surface area contributed by atoms with E-state index in [9.17, 15) is 18.8 Å². The molecule has 1 atom stereocenters. The van der Waals surface area contributed by atoms with Crippen LogP contribution in [0.1, 0.15) is 36.6 Å². The van der Waals surface area contributed by atoms with Crippen molar-refractivity contribution in [3.8, 4) is 11.5 Å². The smallest absolute Gasteiger partial charge is 0.338 e. The van der Waals surface area contributed by atoms with E-state index in [1.165, 1.54) is 30.7 Å². The van der Waals surface area contributed by atoms with E-state index < -0.39 is 23.8 Å². The van der Waals surface area contributed by atoms with Crippen LogP contribution in [-0.4, -0.2) is 30.2 Å². The summed E-state index contributed by atoms with van der Waals surface area (Å²) in [5, 5.41) is 0. The van der Waals surface area contributed by atoms with E-state index in [0.717, 1.165) is 11.3 Å². The van der Waals surface area contributed by atoms with Gasteiger partial charge in [0.2, 0.25) is 0 Å². The zero-order valence-electron chi connectivity index (χ0n) is 22.4. The molecular formula is C31H25FN2O6S. The van der Waals surface area contributed by atoms with Crippen LogP contribution in [0.25, 0.3) is 11.8 Å². The minimum atomic E-state index is -0.913. The average molecular weight is 573 g/mol. The summed E-state index contributed by atoms with van der Waals surface area (Å²) in [6.07, 6.45) is 1.67. The van der Waals surface area contributed by atoms with E-state index in [1.54, 1.807) is 43.3 Å². The number of benzene rings is 3. The fraction of sp³-hybridized carbons (Fsp3) is 0.161. The van der Waals surface area contributed by atoms with Crippen LogP contribution in [0.5, 0.6) is 11.5 Å². The number of aromatic nitrogens is 1. The van der Waals surface area contributed by atoms with Crippen molar-refractivity contribution in [1.82, 2.24) is 4.57 Å². The van der Waals surface area contributed by atoms with Crippen LogP contribution in [0.4, 0.5) is 4.39 Å². The van der Waals surface area contributed by atoms with Crippen molar-refractivity contribution < 1.29 is 28.2 Å². The Bertz CT molecular complexity index is 1840. The third kappa shape index (κ3) is 5.59. The van der Waals surface area contributed by atoms with Crippen molar-refractivity contribution in [2.24, 2.45) is 4.99 Å². The minimum Gasteiger partial charge on any atom is -0.493 e. The Labute approximate surface area is 238 Å². The number of ether oxygens (including phenoxy) is 3. The lowest BCUT2D eigenvalue weighted by molar-refractivity contribution is -0.139. The Kier molecular flexibility index (Phi) is 7.93. The van der Waals surface area contributed by atoms with E-state index in [1.807, 2.05) is 30.3 Å². The summed E-state index contributed by atoms with van der Waals surface area (Å²) in [7, 11) is 1.45. The molecule has 0 unspecified atom stereocenters. The number of carbonyl (C=O) groups is 2. The predicted molar refractivity (Wildman–Crippen MR) is 152 cm³/mol. The van der Waals surface area contributed by atoms with E-state index in [2.05, 4.69) is 0 Å². The third-order valence-corrected chi connectivity index (χ3v) is 7.28. The highest BCUT2D eigenvalue weighted by molar-refractivity contribution is 7.07. The predicted octanol–water partition coefficient (Wildman–Crippen LogP) is 4.01. The number of nitrogens with zero attached hydrogens (tertiary/aromatic N) is 2. The molecule has 41 heavy (non-hydrogen) atoms. The molecule has 0 bridgehead atoms. The minimum absolute atomic E-state index is 0.121. The summed E-state index contributed by atoms with van der Waals surface area (Å²) in [5.41, 5.74) is 1.98. The lowest BCUT2D eigenvalue weighted by atomic mass is 9.93. The molecule has 0 saturated heterocycles. The summed E-state index contributed by atoms with van der Waals surface area (Å²) >= 11 is 1.15. The SMILES string of the molecule is CCOC(=O)C1=C(c2ccccc2)N=c2s/c(=C\c3ccc(OC(C)=O)c(OC)c3)c(=O)n2[C@@H]1c1ccc(F)cc1. The first-order valence-corrected chi connectivity index (χ1v) is 13.5. The standard InChI is InChI=1S/C31H25FN2O6S/c1-4-39-30(37)26-27(20-8-6-5-7-9-20)33-31-34(28(26)21-11-13-22(32)14-12-21)29(36)25(41-31)17-19-10-15-23(40-18(2)35)24(16-19)38-3/h5-17,28H,4H2,1-3H3/b25-17-/t28-/m1/s1. The number of fused-ring (bicyclic) bond motifs is 1. The molecule has 10 heteroatoms. The van der Waals surface area contributed by atoms with Crippen LogP contribution in [0.2, 0.25) is 0 Å². The second kappa shape index (κ2) is 11.7. The zero-order valence-corrected chi connectivity index (χ0v) is 23.2. The van der Waals surface area contributed by atoms with Gasteiger partial charge in [0.15, 0.2) is 16.3 Å². The van der Waals surface area contributed by atoms with Crippen molar-refractivity contribution in [1.29, 1.82) is 0 Å². The van der Waals surface area contributed by atoms with Crippen molar-refractivity contribution in [2.45, 2.75) is 19.9 Å². The third-order valence-electron chi connectivity index (χ3n) is 6.30. The average Bonchev–Trinajstić information content (AvgIpc) is 3.28. The topological polar surface area (TPSA) is 96.2 Å². The van der Waals surface area contributed by atoms with Crippen molar-refractivity contribution >= 4 is 35.0 Å². The Morgan fingerprint density at radius 3 is 2.44 bits per heavy atom. The summed E-state index contributed by atoms with van der Waals surface area (Å²) in [4.78, 5) is 44.0. The lowest BCUT2D eigenvalue weighted by Gasteiger charge is -2.25. The van der Waals surface area contributed by atoms with E-state index in [0.29, 0.717) is 37.5 Å². The number of halogens is 1. The molecule has 0 aliphatic carbocycles. The maximum absolute atomic E-state index is 13.9. The van der Waals surface area contributed by atoms with Gasteiger partial charge in [0.1, 0.15) is 5.82 Å². The first kappa shape index (κ1) is 27.7. The maximum Gasteiger partial charge on any atom is 0.338 e.